The third-order valence-electron chi connectivity index (χ3n) is 3.11. The molecule has 1 aromatic rings. The fourth-order valence-electron chi connectivity index (χ4n) is 1.97. The molecule has 18 heavy (non-hydrogen) atoms. The number of anilines is 1. The van der Waals surface area contributed by atoms with E-state index in [0.29, 0.717) is 6.54 Å². The first kappa shape index (κ1) is 12.4. The maximum Gasteiger partial charge on any atom is 0.321 e. The van der Waals surface area contributed by atoms with E-state index in [1.807, 2.05) is 24.3 Å². The SMILES string of the molecule is CC(CNC(=O)N1CCc2ccccc21)C(=O)O. The van der Waals surface area contributed by atoms with E-state index >= 15 is 0 Å². The van der Waals surface area contributed by atoms with Gasteiger partial charge in [-0.25, -0.2) is 4.79 Å². The lowest BCUT2D eigenvalue weighted by Crippen LogP contribution is -2.41. The molecule has 1 aliphatic rings. The van der Waals surface area contributed by atoms with Gasteiger partial charge in [-0.2, -0.15) is 0 Å². The Labute approximate surface area is 105 Å². The van der Waals surface area contributed by atoms with Gasteiger partial charge in [0.05, 0.1) is 5.92 Å². The summed E-state index contributed by atoms with van der Waals surface area (Å²) in [5.41, 5.74) is 2.07. The van der Waals surface area contributed by atoms with Crippen LogP contribution in [0, 0.1) is 5.92 Å². The van der Waals surface area contributed by atoms with E-state index in [1.54, 1.807) is 11.8 Å². The van der Waals surface area contributed by atoms with Crippen LogP contribution in [-0.2, 0) is 11.2 Å². The Morgan fingerprint density at radius 2 is 2.17 bits per heavy atom. The first-order valence-corrected chi connectivity index (χ1v) is 5.95. The second-order valence-corrected chi connectivity index (χ2v) is 4.46. The maximum absolute atomic E-state index is 12.0. The summed E-state index contributed by atoms with van der Waals surface area (Å²) in [5.74, 6) is -1.48. The highest BCUT2D eigenvalue weighted by Gasteiger charge is 2.24. The molecular weight excluding hydrogens is 232 g/mol. The molecule has 2 amide bonds. The molecule has 0 aromatic heterocycles. The van der Waals surface area contributed by atoms with Gasteiger partial charge < -0.3 is 10.4 Å². The van der Waals surface area contributed by atoms with Gasteiger partial charge in [-0.15, -0.1) is 0 Å². The van der Waals surface area contributed by atoms with Crippen LogP contribution in [0.1, 0.15) is 12.5 Å². The van der Waals surface area contributed by atoms with Crippen molar-refractivity contribution in [2.24, 2.45) is 5.92 Å². The van der Waals surface area contributed by atoms with Gasteiger partial charge >= 0.3 is 12.0 Å². The second kappa shape index (κ2) is 5.08. The van der Waals surface area contributed by atoms with Crippen molar-refractivity contribution >= 4 is 17.7 Å². The highest BCUT2D eigenvalue weighted by atomic mass is 16.4. The zero-order valence-corrected chi connectivity index (χ0v) is 10.2. The number of carboxylic acids is 1. The molecule has 5 heteroatoms. The fraction of sp³-hybridized carbons (Fsp3) is 0.385. The number of para-hydroxylation sites is 1. The van der Waals surface area contributed by atoms with E-state index in [9.17, 15) is 9.59 Å². The quantitative estimate of drug-likeness (QED) is 0.851. The van der Waals surface area contributed by atoms with Gasteiger partial charge in [-0.1, -0.05) is 25.1 Å². The number of rotatable bonds is 3. The minimum absolute atomic E-state index is 0.146. The van der Waals surface area contributed by atoms with Gasteiger partial charge in [0.1, 0.15) is 0 Å². The molecule has 1 unspecified atom stereocenters. The Kier molecular flexibility index (Phi) is 3.50. The van der Waals surface area contributed by atoms with Gasteiger partial charge in [0.2, 0.25) is 0 Å². The van der Waals surface area contributed by atoms with Gasteiger partial charge in [-0.3, -0.25) is 9.69 Å². The van der Waals surface area contributed by atoms with Gasteiger partial charge in [0.25, 0.3) is 0 Å². The number of aliphatic carboxylic acids is 1. The van der Waals surface area contributed by atoms with Crippen LogP contribution in [0.5, 0.6) is 0 Å². The lowest BCUT2D eigenvalue weighted by atomic mass is 10.2. The Hall–Kier alpha value is -2.04. The zero-order valence-electron chi connectivity index (χ0n) is 10.2. The monoisotopic (exact) mass is 248 g/mol. The number of nitrogens with one attached hydrogen (secondary N) is 1. The van der Waals surface area contributed by atoms with Crippen LogP contribution < -0.4 is 10.2 Å². The molecule has 96 valence electrons. The van der Waals surface area contributed by atoms with Crippen LogP contribution in [0.2, 0.25) is 0 Å². The molecule has 1 heterocycles. The molecule has 0 fully saturated rings. The van der Waals surface area contributed by atoms with Gasteiger partial charge in [0, 0.05) is 18.8 Å². The summed E-state index contributed by atoms with van der Waals surface area (Å²) in [5, 5.41) is 11.4. The number of carboxylic acid groups (broad SMARTS) is 1. The summed E-state index contributed by atoms with van der Waals surface area (Å²) in [7, 11) is 0. The van der Waals surface area contributed by atoms with Crippen molar-refractivity contribution < 1.29 is 14.7 Å². The first-order valence-electron chi connectivity index (χ1n) is 5.95. The Balaban J connectivity index is 1.97. The molecule has 0 bridgehead atoms. The summed E-state index contributed by atoms with van der Waals surface area (Å²) >= 11 is 0. The summed E-state index contributed by atoms with van der Waals surface area (Å²) in [6.07, 6.45) is 0.845. The van der Waals surface area contributed by atoms with E-state index in [4.69, 9.17) is 5.11 Å². The molecule has 1 aliphatic heterocycles. The van der Waals surface area contributed by atoms with E-state index in [2.05, 4.69) is 5.32 Å². The van der Waals surface area contributed by atoms with Crippen LogP contribution >= 0.6 is 0 Å². The van der Waals surface area contributed by atoms with Crippen molar-refractivity contribution in [3.8, 4) is 0 Å². The number of hydrogen-bond donors (Lipinski definition) is 2. The minimum Gasteiger partial charge on any atom is -0.481 e. The molecule has 0 saturated carbocycles. The molecule has 1 aromatic carbocycles. The molecule has 2 N–H and O–H groups in total. The van der Waals surface area contributed by atoms with Crippen molar-refractivity contribution in [2.45, 2.75) is 13.3 Å². The van der Waals surface area contributed by atoms with Gasteiger partial charge in [-0.05, 0) is 18.1 Å². The normalized spacial score (nSPS) is 15.1. The number of carbonyl (C=O) groups excluding carboxylic acids is 1. The second-order valence-electron chi connectivity index (χ2n) is 4.46. The van der Waals surface area contributed by atoms with Crippen molar-refractivity contribution in [1.29, 1.82) is 0 Å². The molecule has 2 rings (SSSR count). The predicted molar refractivity (Wildman–Crippen MR) is 67.7 cm³/mol. The van der Waals surface area contributed by atoms with Crippen LogP contribution in [0.3, 0.4) is 0 Å². The number of carbonyl (C=O) groups is 2. The molecule has 0 saturated heterocycles. The first-order chi connectivity index (χ1) is 8.59. The summed E-state index contributed by atoms with van der Waals surface area (Å²) in [4.78, 5) is 24.3. The molecular formula is C13H16N2O3. The van der Waals surface area contributed by atoms with E-state index in [1.165, 1.54) is 0 Å². The lowest BCUT2D eigenvalue weighted by Gasteiger charge is -2.18. The number of fused-ring (bicyclic) bond motifs is 1. The Morgan fingerprint density at radius 3 is 2.89 bits per heavy atom. The number of benzene rings is 1. The summed E-state index contributed by atoms with van der Waals surface area (Å²) < 4.78 is 0. The minimum atomic E-state index is -0.905. The zero-order chi connectivity index (χ0) is 13.1. The Bertz CT molecular complexity index is 473. The van der Waals surface area contributed by atoms with E-state index in [0.717, 1.165) is 17.7 Å². The van der Waals surface area contributed by atoms with Crippen molar-refractivity contribution in [3.05, 3.63) is 29.8 Å². The highest BCUT2D eigenvalue weighted by Crippen LogP contribution is 2.27. The number of hydrogen-bond acceptors (Lipinski definition) is 2. The standard InChI is InChI=1S/C13H16N2O3/c1-9(12(16)17)8-14-13(18)15-7-6-10-4-2-3-5-11(10)15/h2-5,9H,6-8H2,1H3,(H,14,18)(H,16,17). The van der Waals surface area contributed by atoms with Crippen molar-refractivity contribution in [3.63, 3.8) is 0 Å². The largest absolute Gasteiger partial charge is 0.481 e. The molecule has 1 atom stereocenters. The predicted octanol–water partition coefficient (Wildman–Crippen LogP) is 1.48. The third-order valence-corrected chi connectivity index (χ3v) is 3.11. The van der Waals surface area contributed by atoms with E-state index in [-0.39, 0.29) is 12.6 Å². The molecule has 0 spiro atoms. The van der Waals surface area contributed by atoms with Crippen LogP contribution in [0.25, 0.3) is 0 Å². The summed E-state index contributed by atoms with van der Waals surface area (Å²) in [6, 6.07) is 7.52. The summed E-state index contributed by atoms with van der Waals surface area (Å²) in [6.45, 7) is 2.36. The van der Waals surface area contributed by atoms with E-state index < -0.39 is 11.9 Å². The van der Waals surface area contributed by atoms with Crippen molar-refractivity contribution in [2.75, 3.05) is 18.0 Å². The highest BCUT2D eigenvalue weighted by molar-refractivity contribution is 5.94. The average Bonchev–Trinajstić information content (AvgIpc) is 2.79. The smallest absolute Gasteiger partial charge is 0.321 e. The van der Waals surface area contributed by atoms with Gasteiger partial charge in [0.15, 0.2) is 0 Å². The van der Waals surface area contributed by atoms with Crippen LogP contribution in [0.15, 0.2) is 24.3 Å². The molecule has 5 nitrogen and oxygen atoms in total. The number of amides is 2. The molecule has 0 aliphatic carbocycles. The Morgan fingerprint density at radius 1 is 1.44 bits per heavy atom. The van der Waals surface area contributed by atoms with Crippen LogP contribution in [0.4, 0.5) is 10.5 Å². The average molecular weight is 248 g/mol. The lowest BCUT2D eigenvalue weighted by molar-refractivity contribution is -0.140. The number of nitrogens with zero attached hydrogens (tertiary/aromatic N) is 1. The number of urea groups is 1. The maximum atomic E-state index is 12.0. The third kappa shape index (κ3) is 2.45. The van der Waals surface area contributed by atoms with Crippen LogP contribution in [-0.4, -0.2) is 30.2 Å². The molecule has 0 radical (unpaired) electrons. The van der Waals surface area contributed by atoms with Crippen molar-refractivity contribution in [1.82, 2.24) is 5.32 Å². The topological polar surface area (TPSA) is 69.6 Å². The fourth-order valence-corrected chi connectivity index (χ4v) is 1.97.